The molecule has 0 spiro atoms. The van der Waals surface area contributed by atoms with Crippen LogP contribution in [0.25, 0.3) is 0 Å². The summed E-state index contributed by atoms with van der Waals surface area (Å²) in [6.45, 7) is 1.81. The lowest BCUT2D eigenvalue weighted by molar-refractivity contribution is 0.934. The summed E-state index contributed by atoms with van der Waals surface area (Å²) in [6.07, 6.45) is 1.57. The number of guanidine groups is 2. The largest absolute Gasteiger partial charge is 0.358 e. The molecule has 0 aliphatic carbocycles. The highest BCUT2D eigenvalue weighted by atomic mass is 15.4. The maximum atomic E-state index is 4.04. The average molecular weight is 240 g/mol. The van der Waals surface area contributed by atoms with Gasteiger partial charge in [0, 0.05) is 28.2 Å². The zero-order valence-corrected chi connectivity index (χ0v) is 10.9. The Morgan fingerprint density at radius 2 is 1.47 bits per heavy atom. The molecule has 0 saturated carbocycles. The summed E-state index contributed by atoms with van der Waals surface area (Å²) in [5, 5.41) is 13.7. The summed E-state index contributed by atoms with van der Waals surface area (Å²) < 4.78 is 0. The molecule has 0 rings (SSSR count). The Morgan fingerprint density at radius 1 is 0.941 bits per heavy atom. The third kappa shape index (κ3) is 6.88. The van der Waals surface area contributed by atoms with Crippen molar-refractivity contribution in [3.05, 3.63) is 0 Å². The van der Waals surface area contributed by atoms with Crippen molar-refractivity contribution >= 4 is 23.8 Å². The van der Waals surface area contributed by atoms with Crippen LogP contribution in [0.5, 0.6) is 0 Å². The van der Waals surface area contributed by atoms with E-state index in [9.17, 15) is 0 Å². The van der Waals surface area contributed by atoms with E-state index in [1.54, 1.807) is 34.4 Å². The Labute approximate surface area is 101 Å². The topological polar surface area (TPSA) is 97.6 Å². The highest BCUT2D eigenvalue weighted by Crippen LogP contribution is 1.72. The third-order valence-corrected chi connectivity index (χ3v) is 1.68. The average Bonchev–Trinajstić information content (AvgIpc) is 2.36. The van der Waals surface area contributed by atoms with Gasteiger partial charge in [0.05, 0.1) is 11.9 Å². The van der Waals surface area contributed by atoms with E-state index in [1.165, 1.54) is 0 Å². The van der Waals surface area contributed by atoms with Crippen LogP contribution in [0.1, 0.15) is 6.92 Å². The van der Waals surface area contributed by atoms with E-state index in [1.807, 2.05) is 6.92 Å². The molecule has 8 heteroatoms. The minimum atomic E-state index is 0.577. The molecule has 0 aliphatic rings. The van der Waals surface area contributed by atoms with E-state index in [-0.39, 0.29) is 0 Å². The van der Waals surface area contributed by atoms with Gasteiger partial charge in [-0.1, -0.05) is 0 Å². The highest BCUT2D eigenvalue weighted by Gasteiger charge is 1.91. The Hall–Kier alpha value is -2.12. The lowest BCUT2D eigenvalue weighted by Crippen LogP contribution is -2.32. The summed E-state index contributed by atoms with van der Waals surface area (Å²) in [4.78, 5) is 7.81. The number of rotatable bonds is 3. The van der Waals surface area contributed by atoms with Gasteiger partial charge in [-0.05, 0) is 6.92 Å². The molecule has 0 aromatic carbocycles. The van der Waals surface area contributed by atoms with Crippen molar-refractivity contribution in [1.82, 2.24) is 21.5 Å². The van der Waals surface area contributed by atoms with Crippen molar-refractivity contribution < 1.29 is 0 Å². The van der Waals surface area contributed by atoms with E-state index in [4.69, 9.17) is 0 Å². The monoisotopic (exact) mass is 240 g/mol. The van der Waals surface area contributed by atoms with Gasteiger partial charge in [0.2, 0.25) is 11.9 Å². The molecule has 0 atom stereocenters. The minimum absolute atomic E-state index is 0.577. The van der Waals surface area contributed by atoms with Gasteiger partial charge < -0.3 is 10.6 Å². The molecule has 0 aliphatic heterocycles. The van der Waals surface area contributed by atoms with Crippen molar-refractivity contribution in [2.24, 2.45) is 20.2 Å². The first-order valence-electron chi connectivity index (χ1n) is 5.06. The van der Waals surface area contributed by atoms with Crippen molar-refractivity contribution in [3.63, 3.8) is 0 Å². The first kappa shape index (κ1) is 14.9. The first-order chi connectivity index (χ1) is 8.17. The molecule has 0 radical (unpaired) electrons. The lowest BCUT2D eigenvalue weighted by atomic mass is 10.5. The summed E-state index contributed by atoms with van der Waals surface area (Å²) >= 11 is 0. The van der Waals surface area contributed by atoms with Crippen molar-refractivity contribution in [2.45, 2.75) is 6.92 Å². The highest BCUT2D eigenvalue weighted by molar-refractivity contribution is 6.29. The van der Waals surface area contributed by atoms with Crippen molar-refractivity contribution in [3.8, 4) is 0 Å². The smallest absolute Gasteiger partial charge is 0.211 e. The molecule has 8 nitrogen and oxygen atoms in total. The number of nitrogens with zero attached hydrogens (tertiary/aromatic N) is 4. The Bertz CT molecular complexity index is 328. The van der Waals surface area contributed by atoms with Crippen LogP contribution >= 0.6 is 0 Å². The van der Waals surface area contributed by atoms with Crippen LogP contribution in [0, 0.1) is 0 Å². The maximum Gasteiger partial charge on any atom is 0.211 e. The van der Waals surface area contributed by atoms with Gasteiger partial charge in [-0.25, -0.2) is 10.9 Å². The van der Waals surface area contributed by atoms with Crippen LogP contribution in [0.15, 0.2) is 20.2 Å². The second-order valence-corrected chi connectivity index (χ2v) is 2.88. The fourth-order valence-electron chi connectivity index (χ4n) is 0.792. The number of nitrogens with one attached hydrogen (secondary N) is 4. The molecule has 0 amide bonds. The fourth-order valence-corrected chi connectivity index (χ4v) is 0.792. The van der Waals surface area contributed by atoms with Crippen molar-refractivity contribution in [1.29, 1.82) is 0 Å². The van der Waals surface area contributed by atoms with Gasteiger partial charge in [0.25, 0.3) is 0 Å². The summed E-state index contributed by atoms with van der Waals surface area (Å²) in [7, 11) is 6.83. The number of hydrogen-bond donors (Lipinski definition) is 4. The molecule has 0 saturated heterocycles. The molecular weight excluding hydrogens is 220 g/mol. The molecule has 0 bridgehead atoms. The van der Waals surface area contributed by atoms with Crippen LogP contribution in [-0.2, 0) is 0 Å². The summed E-state index contributed by atoms with van der Waals surface area (Å²) in [5.41, 5.74) is 6.16. The normalized spacial score (nSPS) is 13.8. The number of hydrogen-bond acceptors (Lipinski definition) is 4. The molecule has 0 heterocycles. The zero-order valence-electron chi connectivity index (χ0n) is 10.9. The molecule has 0 unspecified atom stereocenters. The van der Waals surface area contributed by atoms with Crippen LogP contribution in [0.4, 0.5) is 0 Å². The SMILES string of the molecule is CN=C(NC)N/N=C(C)\C=N\NC(=NC)NC. The Morgan fingerprint density at radius 3 is 1.94 bits per heavy atom. The molecule has 0 aromatic rings. The second kappa shape index (κ2) is 9.13. The number of hydrazone groups is 2. The van der Waals surface area contributed by atoms with Crippen LogP contribution < -0.4 is 21.5 Å². The summed E-state index contributed by atoms with van der Waals surface area (Å²) in [6, 6.07) is 0. The zero-order chi connectivity index (χ0) is 13.1. The third-order valence-electron chi connectivity index (χ3n) is 1.68. The summed E-state index contributed by atoms with van der Waals surface area (Å²) in [5.74, 6) is 1.16. The molecule has 0 fully saturated rings. The molecule has 0 aromatic heterocycles. The van der Waals surface area contributed by atoms with Gasteiger partial charge in [-0.3, -0.25) is 9.98 Å². The van der Waals surface area contributed by atoms with Crippen LogP contribution in [0.3, 0.4) is 0 Å². The number of aliphatic imine (C=N–C) groups is 2. The predicted molar refractivity (Wildman–Crippen MR) is 72.7 cm³/mol. The van der Waals surface area contributed by atoms with Gasteiger partial charge in [0.15, 0.2) is 0 Å². The Kier molecular flexibility index (Phi) is 7.99. The minimum Gasteiger partial charge on any atom is -0.358 e. The van der Waals surface area contributed by atoms with E-state index in [0.29, 0.717) is 17.6 Å². The molecule has 96 valence electrons. The first-order valence-corrected chi connectivity index (χ1v) is 5.06. The standard InChI is InChI=1S/C9H20N8/c1-7(15-17-9(12-4)13-5)6-14-16-8(10-2)11-3/h6H,1-5H3,(H2,10,11,16)(H2,12,13,17)/b14-6+,15-7-. The van der Waals surface area contributed by atoms with E-state index >= 15 is 0 Å². The maximum absolute atomic E-state index is 4.04. The Balaban J connectivity index is 4.20. The quantitative estimate of drug-likeness (QED) is 0.287. The van der Waals surface area contributed by atoms with E-state index in [2.05, 4.69) is 41.7 Å². The van der Waals surface area contributed by atoms with Gasteiger partial charge >= 0.3 is 0 Å². The van der Waals surface area contributed by atoms with Gasteiger partial charge in [-0.2, -0.15) is 10.2 Å². The van der Waals surface area contributed by atoms with E-state index < -0.39 is 0 Å². The van der Waals surface area contributed by atoms with Gasteiger partial charge in [0.1, 0.15) is 0 Å². The molecule has 17 heavy (non-hydrogen) atoms. The predicted octanol–water partition coefficient (Wildman–Crippen LogP) is -1.06. The fraction of sp³-hybridized carbons (Fsp3) is 0.556. The second-order valence-electron chi connectivity index (χ2n) is 2.88. The van der Waals surface area contributed by atoms with Crippen molar-refractivity contribution in [2.75, 3.05) is 28.2 Å². The molecular formula is C9H20N8. The lowest BCUT2D eigenvalue weighted by Gasteiger charge is -2.03. The van der Waals surface area contributed by atoms with Crippen LogP contribution in [0.2, 0.25) is 0 Å². The van der Waals surface area contributed by atoms with Crippen LogP contribution in [-0.4, -0.2) is 52.0 Å². The van der Waals surface area contributed by atoms with Gasteiger partial charge in [-0.15, -0.1) is 0 Å². The van der Waals surface area contributed by atoms with E-state index in [0.717, 1.165) is 0 Å². The molecule has 4 N–H and O–H groups in total.